The second-order valence-electron chi connectivity index (χ2n) is 6.64. The Hall–Kier alpha value is -1.18. The lowest BCUT2D eigenvalue weighted by atomic mass is 9.96. The van der Waals surface area contributed by atoms with Crippen molar-refractivity contribution in [3.05, 3.63) is 12.3 Å². The topological polar surface area (TPSA) is 54.4 Å². The molecule has 0 amide bonds. The summed E-state index contributed by atoms with van der Waals surface area (Å²) in [7, 11) is 0. The molecule has 7 heteroatoms. The Kier molecular flexibility index (Phi) is 6.86. The highest BCUT2D eigenvalue weighted by Gasteiger charge is 2.18. The first-order valence-electron chi connectivity index (χ1n) is 9.21. The summed E-state index contributed by atoms with van der Waals surface area (Å²) in [6.07, 6.45) is 9.33. The van der Waals surface area contributed by atoms with Gasteiger partial charge in [-0.3, -0.25) is 4.90 Å². The molecule has 24 heavy (non-hydrogen) atoms. The van der Waals surface area contributed by atoms with Crippen LogP contribution in [0.4, 0.5) is 5.82 Å². The maximum absolute atomic E-state index is 5.44. The number of hydrogen-bond donors (Lipinski definition) is 2. The van der Waals surface area contributed by atoms with Crippen molar-refractivity contribution >= 4 is 23.1 Å². The summed E-state index contributed by atoms with van der Waals surface area (Å²) in [6, 6.07) is 2.52. The Bertz CT molecular complexity index is 509. The molecule has 0 bridgehead atoms. The van der Waals surface area contributed by atoms with E-state index in [0.29, 0.717) is 11.2 Å². The summed E-state index contributed by atoms with van der Waals surface area (Å²) in [5.74, 6) is 1.01. The third-order valence-corrected chi connectivity index (χ3v) is 5.12. The van der Waals surface area contributed by atoms with Crippen LogP contribution in [0.25, 0.3) is 0 Å². The van der Waals surface area contributed by atoms with Gasteiger partial charge in [0.05, 0.1) is 25.5 Å². The van der Waals surface area contributed by atoms with Gasteiger partial charge in [-0.25, -0.2) is 4.68 Å². The fraction of sp³-hybridized carbons (Fsp3) is 0.765. The first-order valence-corrected chi connectivity index (χ1v) is 9.62. The van der Waals surface area contributed by atoms with E-state index in [0.717, 1.165) is 51.6 Å². The number of nitrogens with one attached hydrogen (secondary N) is 2. The van der Waals surface area contributed by atoms with Gasteiger partial charge < -0.3 is 15.4 Å². The molecule has 6 nitrogen and oxygen atoms in total. The monoisotopic (exact) mass is 351 g/mol. The number of rotatable bonds is 6. The second kappa shape index (κ2) is 9.34. The molecule has 0 aromatic carbocycles. The van der Waals surface area contributed by atoms with Crippen molar-refractivity contribution in [2.24, 2.45) is 0 Å². The largest absolute Gasteiger partial charge is 0.379 e. The van der Waals surface area contributed by atoms with Crippen LogP contribution in [0.15, 0.2) is 12.3 Å². The molecule has 3 rings (SSSR count). The maximum Gasteiger partial charge on any atom is 0.171 e. The average molecular weight is 352 g/mol. The lowest BCUT2D eigenvalue weighted by Crippen LogP contribution is -2.38. The predicted molar refractivity (Wildman–Crippen MR) is 100 cm³/mol. The zero-order valence-corrected chi connectivity index (χ0v) is 15.2. The van der Waals surface area contributed by atoms with Gasteiger partial charge in [0.1, 0.15) is 5.82 Å². The van der Waals surface area contributed by atoms with Gasteiger partial charge in [0.25, 0.3) is 0 Å². The number of hydrogen-bond acceptors (Lipinski definition) is 4. The van der Waals surface area contributed by atoms with Crippen molar-refractivity contribution in [2.45, 2.75) is 44.6 Å². The molecular formula is C17H29N5OS. The van der Waals surface area contributed by atoms with Crippen molar-refractivity contribution in [3.8, 4) is 0 Å². The Labute approximate surface area is 149 Å². The minimum Gasteiger partial charge on any atom is -0.379 e. The Morgan fingerprint density at radius 2 is 2.04 bits per heavy atom. The molecule has 1 aromatic rings. The molecular weight excluding hydrogens is 322 g/mol. The van der Waals surface area contributed by atoms with Crippen molar-refractivity contribution in [3.63, 3.8) is 0 Å². The third-order valence-electron chi connectivity index (χ3n) is 4.87. The van der Waals surface area contributed by atoms with Crippen LogP contribution in [0.3, 0.4) is 0 Å². The lowest BCUT2D eigenvalue weighted by Gasteiger charge is -2.26. The summed E-state index contributed by atoms with van der Waals surface area (Å²) in [5, 5.41) is 11.8. The molecule has 0 spiro atoms. The molecule has 2 fully saturated rings. The number of thiocarbonyl (C=S) groups is 1. The minimum atomic E-state index is 0.514. The van der Waals surface area contributed by atoms with Crippen LogP contribution in [0.1, 0.15) is 44.6 Å². The molecule has 2 N–H and O–H groups in total. The van der Waals surface area contributed by atoms with Gasteiger partial charge in [-0.1, -0.05) is 19.3 Å². The lowest BCUT2D eigenvalue weighted by molar-refractivity contribution is 0.0376. The Balaban J connectivity index is 1.38. The summed E-state index contributed by atoms with van der Waals surface area (Å²) in [4.78, 5) is 2.44. The molecule has 2 heterocycles. The summed E-state index contributed by atoms with van der Waals surface area (Å²) in [5.41, 5.74) is 0. The molecule has 1 aromatic heterocycles. The zero-order valence-electron chi connectivity index (χ0n) is 14.4. The molecule has 0 atom stereocenters. The Morgan fingerprint density at radius 1 is 1.25 bits per heavy atom. The van der Waals surface area contributed by atoms with Crippen LogP contribution in [0.5, 0.6) is 0 Å². The van der Waals surface area contributed by atoms with E-state index in [1.165, 1.54) is 32.1 Å². The van der Waals surface area contributed by atoms with Crippen LogP contribution in [-0.2, 0) is 4.74 Å². The van der Waals surface area contributed by atoms with E-state index in [1.807, 2.05) is 12.3 Å². The molecule has 0 unspecified atom stereocenters. The number of nitrogens with zero attached hydrogens (tertiary/aromatic N) is 3. The quantitative estimate of drug-likeness (QED) is 0.606. The fourth-order valence-electron chi connectivity index (χ4n) is 3.52. The maximum atomic E-state index is 5.44. The second-order valence-corrected chi connectivity index (χ2v) is 7.05. The van der Waals surface area contributed by atoms with Gasteiger partial charge in [-0.2, -0.15) is 5.10 Å². The molecule has 1 saturated heterocycles. The Morgan fingerprint density at radius 3 is 2.83 bits per heavy atom. The van der Waals surface area contributed by atoms with Crippen LogP contribution < -0.4 is 10.6 Å². The van der Waals surface area contributed by atoms with Crippen LogP contribution in [-0.4, -0.2) is 59.2 Å². The van der Waals surface area contributed by atoms with E-state index in [2.05, 4.69) is 25.3 Å². The first kappa shape index (κ1) is 17.6. The van der Waals surface area contributed by atoms with Crippen molar-refractivity contribution < 1.29 is 4.74 Å². The van der Waals surface area contributed by atoms with E-state index in [9.17, 15) is 0 Å². The highest BCUT2D eigenvalue weighted by atomic mass is 32.1. The third kappa shape index (κ3) is 5.16. The molecule has 0 radical (unpaired) electrons. The van der Waals surface area contributed by atoms with E-state index in [4.69, 9.17) is 17.0 Å². The van der Waals surface area contributed by atoms with Crippen molar-refractivity contribution in [2.75, 3.05) is 44.7 Å². The van der Waals surface area contributed by atoms with Gasteiger partial charge in [0.15, 0.2) is 5.11 Å². The SMILES string of the molecule is S=C(NCCCN1CCOCC1)Nc1ccnn1C1CCCCC1. The van der Waals surface area contributed by atoms with Crippen molar-refractivity contribution in [1.29, 1.82) is 0 Å². The number of anilines is 1. The standard InChI is InChI=1S/C17H29N5OS/c24-17(18-8-4-10-21-11-13-23-14-12-21)20-16-7-9-19-22(16)15-5-2-1-3-6-15/h7,9,15H,1-6,8,10-14H2,(H2,18,20,24). The molecule has 1 aliphatic heterocycles. The molecule has 1 saturated carbocycles. The van der Waals surface area contributed by atoms with Gasteiger partial charge >= 0.3 is 0 Å². The van der Waals surface area contributed by atoms with Gasteiger partial charge in [0.2, 0.25) is 0 Å². The molecule has 134 valence electrons. The first-order chi connectivity index (χ1) is 11.8. The van der Waals surface area contributed by atoms with Crippen LogP contribution in [0.2, 0.25) is 0 Å². The highest BCUT2D eigenvalue weighted by molar-refractivity contribution is 7.80. The normalized spacial score (nSPS) is 20.0. The number of morpholine rings is 1. The fourth-order valence-corrected chi connectivity index (χ4v) is 3.73. The highest BCUT2D eigenvalue weighted by Crippen LogP contribution is 2.29. The predicted octanol–water partition coefficient (Wildman–Crippen LogP) is 2.40. The van der Waals surface area contributed by atoms with Gasteiger partial charge in [-0.15, -0.1) is 0 Å². The molecule has 1 aliphatic carbocycles. The van der Waals surface area contributed by atoms with E-state index in [-0.39, 0.29) is 0 Å². The van der Waals surface area contributed by atoms with E-state index in [1.54, 1.807) is 0 Å². The number of aromatic nitrogens is 2. The summed E-state index contributed by atoms with van der Waals surface area (Å²) in [6.45, 7) is 5.80. The van der Waals surface area contributed by atoms with E-state index >= 15 is 0 Å². The van der Waals surface area contributed by atoms with Crippen LogP contribution in [0, 0.1) is 0 Å². The smallest absolute Gasteiger partial charge is 0.171 e. The van der Waals surface area contributed by atoms with E-state index < -0.39 is 0 Å². The minimum absolute atomic E-state index is 0.514. The zero-order chi connectivity index (χ0) is 16.6. The number of ether oxygens (including phenoxy) is 1. The van der Waals surface area contributed by atoms with Gasteiger partial charge in [-0.05, 0) is 38.0 Å². The summed E-state index contributed by atoms with van der Waals surface area (Å²) < 4.78 is 7.48. The van der Waals surface area contributed by atoms with Crippen LogP contribution >= 0.6 is 12.2 Å². The average Bonchev–Trinajstić information content (AvgIpc) is 3.08. The van der Waals surface area contributed by atoms with Gasteiger partial charge in [0, 0.05) is 25.7 Å². The molecule has 2 aliphatic rings. The van der Waals surface area contributed by atoms with Crippen molar-refractivity contribution in [1.82, 2.24) is 20.0 Å². The summed E-state index contributed by atoms with van der Waals surface area (Å²) >= 11 is 5.44.